The average molecular weight is 341 g/mol. The van der Waals surface area contributed by atoms with Gasteiger partial charge in [0.1, 0.15) is 0 Å². The second-order valence-corrected chi connectivity index (χ2v) is 7.20. The normalized spacial score (nSPS) is 13.8. The zero-order chi connectivity index (χ0) is 17.1. The Balaban J connectivity index is 1.87. The Labute approximate surface area is 146 Å². The van der Waals surface area contributed by atoms with E-state index in [4.69, 9.17) is 0 Å². The van der Waals surface area contributed by atoms with Gasteiger partial charge in [-0.1, -0.05) is 24.3 Å². The van der Waals surface area contributed by atoms with E-state index in [-0.39, 0.29) is 17.9 Å². The van der Waals surface area contributed by atoms with Gasteiger partial charge in [0.05, 0.1) is 6.04 Å². The molecule has 0 radical (unpaired) electrons. The van der Waals surface area contributed by atoms with Crippen LogP contribution in [0.2, 0.25) is 0 Å². The fourth-order valence-electron chi connectivity index (χ4n) is 3.00. The largest absolute Gasteiger partial charge is 0.361 e. The van der Waals surface area contributed by atoms with Crippen LogP contribution in [0.25, 0.3) is 10.9 Å². The van der Waals surface area contributed by atoms with E-state index in [0.29, 0.717) is 0 Å². The Bertz CT molecular complexity index is 807. The molecule has 0 aliphatic heterocycles. The van der Waals surface area contributed by atoms with Crippen LogP contribution in [0.5, 0.6) is 0 Å². The number of fused-ring (bicyclic) bond motifs is 1. The van der Waals surface area contributed by atoms with Crippen LogP contribution < -0.4 is 5.32 Å². The van der Waals surface area contributed by atoms with Crippen LogP contribution in [0, 0.1) is 0 Å². The topological polar surface area (TPSA) is 48.1 Å². The third kappa shape index (κ3) is 3.37. The number of aromatic amines is 1. The maximum absolute atomic E-state index is 12.1. The summed E-state index contributed by atoms with van der Waals surface area (Å²) in [6.45, 7) is 2.64. The standard InChI is InChI=1S/C19H23N3OS/c1-13(19(23)22(2)3)20-12-16(18-9-6-10-24-18)15-11-21-17-8-5-4-7-14(15)17/h4-11,13,16,20-21H,12H2,1-3H3/t13-,16-/m1/s1. The summed E-state index contributed by atoms with van der Waals surface area (Å²) in [5.74, 6) is 0.317. The lowest BCUT2D eigenvalue weighted by atomic mass is 9.96. The Kier molecular flexibility index (Phi) is 5.02. The SMILES string of the molecule is C[C@@H](NC[C@@H](c1cccs1)c1c[nH]c2ccccc12)C(=O)N(C)C. The molecule has 0 aliphatic rings. The second-order valence-electron chi connectivity index (χ2n) is 6.22. The first kappa shape index (κ1) is 16.7. The van der Waals surface area contributed by atoms with E-state index < -0.39 is 0 Å². The van der Waals surface area contributed by atoms with Gasteiger partial charge in [-0.25, -0.2) is 0 Å². The number of carbonyl (C=O) groups is 1. The molecule has 2 heterocycles. The molecule has 0 spiro atoms. The Morgan fingerprint density at radius 3 is 2.75 bits per heavy atom. The van der Waals surface area contributed by atoms with Gasteiger partial charge < -0.3 is 15.2 Å². The molecule has 126 valence electrons. The number of para-hydroxylation sites is 1. The van der Waals surface area contributed by atoms with Crippen molar-refractivity contribution in [2.75, 3.05) is 20.6 Å². The van der Waals surface area contributed by atoms with Crippen LogP contribution in [0.1, 0.15) is 23.3 Å². The van der Waals surface area contributed by atoms with Crippen LogP contribution in [0.15, 0.2) is 48.0 Å². The molecule has 0 unspecified atom stereocenters. The van der Waals surface area contributed by atoms with Gasteiger partial charge >= 0.3 is 0 Å². The van der Waals surface area contributed by atoms with Crippen molar-refractivity contribution in [3.8, 4) is 0 Å². The number of amides is 1. The van der Waals surface area contributed by atoms with Gasteiger partial charge in [0, 0.05) is 48.5 Å². The summed E-state index contributed by atoms with van der Waals surface area (Å²) in [6.07, 6.45) is 2.09. The van der Waals surface area contributed by atoms with Gasteiger partial charge in [-0.15, -0.1) is 11.3 Å². The van der Waals surface area contributed by atoms with Crippen molar-refractivity contribution in [1.29, 1.82) is 0 Å². The molecule has 2 aromatic heterocycles. The van der Waals surface area contributed by atoms with E-state index in [2.05, 4.69) is 52.2 Å². The van der Waals surface area contributed by atoms with Crippen LogP contribution >= 0.6 is 11.3 Å². The highest BCUT2D eigenvalue weighted by Gasteiger charge is 2.21. The van der Waals surface area contributed by atoms with E-state index in [9.17, 15) is 4.79 Å². The Morgan fingerprint density at radius 2 is 2.04 bits per heavy atom. The number of hydrogen-bond acceptors (Lipinski definition) is 3. The highest BCUT2D eigenvalue weighted by Crippen LogP contribution is 2.32. The summed E-state index contributed by atoms with van der Waals surface area (Å²) in [6, 6.07) is 12.4. The minimum Gasteiger partial charge on any atom is -0.361 e. The highest BCUT2D eigenvalue weighted by atomic mass is 32.1. The minimum absolute atomic E-state index is 0.0962. The van der Waals surface area contributed by atoms with Crippen molar-refractivity contribution in [3.63, 3.8) is 0 Å². The molecular weight excluding hydrogens is 318 g/mol. The first-order valence-corrected chi connectivity index (χ1v) is 9.00. The molecule has 1 aromatic carbocycles. The van der Waals surface area contributed by atoms with E-state index in [1.807, 2.05) is 13.0 Å². The van der Waals surface area contributed by atoms with Crippen molar-refractivity contribution in [2.45, 2.75) is 18.9 Å². The molecule has 4 nitrogen and oxygen atoms in total. The minimum atomic E-state index is -0.201. The quantitative estimate of drug-likeness (QED) is 0.722. The molecule has 0 aliphatic carbocycles. The monoisotopic (exact) mass is 341 g/mol. The molecule has 3 rings (SSSR count). The Hall–Kier alpha value is -2.11. The average Bonchev–Trinajstić information content (AvgIpc) is 3.24. The van der Waals surface area contributed by atoms with Crippen molar-refractivity contribution >= 4 is 28.1 Å². The number of nitrogens with zero attached hydrogens (tertiary/aromatic N) is 1. The third-order valence-corrected chi connectivity index (χ3v) is 5.31. The van der Waals surface area contributed by atoms with Gasteiger partial charge in [0.25, 0.3) is 0 Å². The van der Waals surface area contributed by atoms with Crippen molar-refractivity contribution in [3.05, 3.63) is 58.4 Å². The number of aromatic nitrogens is 1. The summed E-state index contributed by atoms with van der Waals surface area (Å²) >= 11 is 1.75. The first-order valence-electron chi connectivity index (χ1n) is 8.12. The number of hydrogen-bond donors (Lipinski definition) is 2. The van der Waals surface area contributed by atoms with E-state index in [0.717, 1.165) is 12.1 Å². The maximum Gasteiger partial charge on any atom is 0.238 e. The van der Waals surface area contributed by atoms with Gasteiger partial charge in [0.15, 0.2) is 0 Å². The molecule has 3 aromatic rings. The number of rotatable bonds is 6. The van der Waals surface area contributed by atoms with Crippen LogP contribution in [0.4, 0.5) is 0 Å². The molecule has 5 heteroatoms. The lowest BCUT2D eigenvalue weighted by Gasteiger charge is -2.22. The summed E-state index contributed by atoms with van der Waals surface area (Å²) in [5, 5.41) is 6.75. The van der Waals surface area contributed by atoms with Gasteiger partial charge in [-0.05, 0) is 30.0 Å². The zero-order valence-electron chi connectivity index (χ0n) is 14.2. The number of likely N-dealkylation sites (N-methyl/N-ethyl adjacent to an activating group) is 1. The molecule has 24 heavy (non-hydrogen) atoms. The summed E-state index contributed by atoms with van der Waals surface area (Å²) in [7, 11) is 3.58. The summed E-state index contributed by atoms with van der Waals surface area (Å²) in [4.78, 5) is 18.4. The number of benzene rings is 1. The highest BCUT2D eigenvalue weighted by molar-refractivity contribution is 7.10. The smallest absolute Gasteiger partial charge is 0.238 e. The lowest BCUT2D eigenvalue weighted by Crippen LogP contribution is -2.43. The molecule has 0 fully saturated rings. The molecular formula is C19H23N3OS. The molecule has 1 amide bonds. The van der Waals surface area contributed by atoms with Crippen LogP contribution in [0.3, 0.4) is 0 Å². The molecule has 2 N–H and O–H groups in total. The van der Waals surface area contributed by atoms with Crippen LogP contribution in [-0.4, -0.2) is 42.5 Å². The molecule has 0 bridgehead atoms. The first-order chi connectivity index (χ1) is 11.6. The van der Waals surface area contributed by atoms with E-state index in [1.54, 1.807) is 30.3 Å². The van der Waals surface area contributed by atoms with Crippen molar-refractivity contribution in [1.82, 2.24) is 15.2 Å². The summed E-state index contributed by atoms with van der Waals surface area (Å²) < 4.78 is 0. The van der Waals surface area contributed by atoms with E-state index >= 15 is 0 Å². The molecule has 2 atom stereocenters. The van der Waals surface area contributed by atoms with Gasteiger partial charge in [-0.3, -0.25) is 4.79 Å². The van der Waals surface area contributed by atoms with Gasteiger partial charge in [0.2, 0.25) is 5.91 Å². The lowest BCUT2D eigenvalue weighted by molar-refractivity contribution is -0.130. The maximum atomic E-state index is 12.1. The van der Waals surface area contributed by atoms with Crippen molar-refractivity contribution < 1.29 is 4.79 Å². The predicted molar refractivity (Wildman–Crippen MR) is 101 cm³/mol. The number of nitrogens with one attached hydrogen (secondary N) is 2. The molecule has 0 saturated heterocycles. The zero-order valence-corrected chi connectivity index (χ0v) is 15.1. The van der Waals surface area contributed by atoms with E-state index in [1.165, 1.54) is 15.8 Å². The van der Waals surface area contributed by atoms with Gasteiger partial charge in [-0.2, -0.15) is 0 Å². The van der Waals surface area contributed by atoms with Crippen LogP contribution in [-0.2, 0) is 4.79 Å². The predicted octanol–water partition coefficient (Wildman–Crippen LogP) is 3.43. The fraction of sp³-hybridized carbons (Fsp3) is 0.316. The Morgan fingerprint density at radius 1 is 1.25 bits per heavy atom. The second kappa shape index (κ2) is 7.20. The fourth-order valence-corrected chi connectivity index (χ4v) is 3.85. The van der Waals surface area contributed by atoms with Crippen molar-refractivity contribution in [2.24, 2.45) is 0 Å². The number of thiophene rings is 1. The summed E-state index contributed by atoms with van der Waals surface area (Å²) in [5.41, 5.74) is 2.41. The molecule has 0 saturated carbocycles. The number of carbonyl (C=O) groups excluding carboxylic acids is 1. The number of H-pyrrole nitrogens is 1. The third-order valence-electron chi connectivity index (χ3n) is 4.32.